The van der Waals surface area contributed by atoms with Crippen molar-refractivity contribution in [2.24, 2.45) is 0 Å². The maximum Gasteiger partial charge on any atom is 0.295 e. The van der Waals surface area contributed by atoms with Gasteiger partial charge in [0, 0.05) is 29.5 Å². The third kappa shape index (κ3) is 2.23. The summed E-state index contributed by atoms with van der Waals surface area (Å²) in [5.74, 6) is -0.125. The van der Waals surface area contributed by atoms with Gasteiger partial charge in [0.2, 0.25) is 5.91 Å². The number of hydrogen-bond donors (Lipinski definition) is 1. The number of amides is 1. The van der Waals surface area contributed by atoms with E-state index in [1.165, 1.54) is 17.0 Å². The van der Waals surface area contributed by atoms with Gasteiger partial charge in [-0.3, -0.25) is 14.9 Å². The molecular formula is C10H10BrN3O3. The van der Waals surface area contributed by atoms with Crippen molar-refractivity contribution in [3.63, 3.8) is 0 Å². The third-order valence-corrected chi connectivity index (χ3v) is 3.18. The van der Waals surface area contributed by atoms with Crippen LogP contribution < -0.4 is 10.6 Å². The minimum absolute atomic E-state index is 0.0344. The van der Waals surface area contributed by atoms with E-state index in [0.717, 1.165) is 0 Å². The number of nitrogens with zero attached hydrogens (tertiary/aromatic N) is 2. The molecule has 0 aromatic heterocycles. The van der Waals surface area contributed by atoms with Gasteiger partial charge in [0.15, 0.2) is 0 Å². The lowest BCUT2D eigenvalue weighted by atomic mass is 10.2. The van der Waals surface area contributed by atoms with Gasteiger partial charge in [0.1, 0.15) is 5.69 Å². The van der Waals surface area contributed by atoms with Crippen molar-refractivity contribution in [2.75, 3.05) is 17.2 Å². The number of carbonyl (C=O) groups excluding carboxylic acids is 1. The Labute approximate surface area is 106 Å². The molecule has 1 aliphatic heterocycles. The summed E-state index contributed by atoms with van der Waals surface area (Å²) in [7, 11) is 0. The molecule has 1 fully saturated rings. The summed E-state index contributed by atoms with van der Waals surface area (Å²) in [6, 6.07) is 4.33. The fourth-order valence-electron chi connectivity index (χ4n) is 1.81. The number of rotatable bonds is 2. The summed E-state index contributed by atoms with van der Waals surface area (Å²) in [6.07, 6.45) is 0.349. The first-order valence-electron chi connectivity index (χ1n) is 4.97. The fraction of sp³-hybridized carbons (Fsp3) is 0.300. The number of alkyl halides is 1. The van der Waals surface area contributed by atoms with E-state index in [9.17, 15) is 14.9 Å². The van der Waals surface area contributed by atoms with Crippen LogP contribution in [0, 0.1) is 10.1 Å². The van der Waals surface area contributed by atoms with Gasteiger partial charge >= 0.3 is 0 Å². The van der Waals surface area contributed by atoms with Gasteiger partial charge in [-0.15, -0.1) is 0 Å². The van der Waals surface area contributed by atoms with Crippen molar-refractivity contribution >= 4 is 38.9 Å². The topological polar surface area (TPSA) is 89.5 Å². The quantitative estimate of drug-likeness (QED) is 0.389. The highest BCUT2D eigenvalue weighted by atomic mass is 79.9. The number of carbonyl (C=O) groups is 1. The molecule has 1 aromatic carbocycles. The Morgan fingerprint density at radius 1 is 1.53 bits per heavy atom. The lowest BCUT2D eigenvalue weighted by molar-refractivity contribution is -0.384. The number of nitrogens with two attached hydrogens (primary N) is 1. The number of benzene rings is 1. The molecule has 2 rings (SSSR count). The monoisotopic (exact) mass is 299 g/mol. The van der Waals surface area contributed by atoms with E-state index < -0.39 is 4.92 Å². The molecule has 6 nitrogen and oxygen atoms in total. The Morgan fingerprint density at radius 2 is 2.24 bits per heavy atom. The molecule has 1 aliphatic rings. The van der Waals surface area contributed by atoms with Crippen molar-refractivity contribution in [1.82, 2.24) is 0 Å². The largest absolute Gasteiger partial charge is 0.399 e. The lowest BCUT2D eigenvalue weighted by Crippen LogP contribution is -2.25. The second kappa shape index (κ2) is 4.33. The van der Waals surface area contributed by atoms with E-state index in [-0.39, 0.29) is 16.4 Å². The van der Waals surface area contributed by atoms with Crippen molar-refractivity contribution in [3.05, 3.63) is 28.3 Å². The van der Waals surface area contributed by atoms with Gasteiger partial charge in [-0.1, -0.05) is 15.9 Å². The van der Waals surface area contributed by atoms with E-state index in [0.29, 0.717) is 24.3 Å². The van der Waals surface area contributed by atoms with Crippen LogP contribution in [0.1, 0.15) is 6.42 Å². The Kier molecular flexibility index (Phi) is 3.01. The number of anilines is 2. The van der Waals surface area contributed by atoms with Crippen LogP contribution in [0.5, 0.6) is 0 Å². The predicted octanol–water partition coefficient (Wildman–Crippen LogP) is 1.68. The van der Waals surface area contributed by atoms with Crippen molar-refractivity contribution < 1.29 is 9.72 Å². The van der Waals surface area contributed by atoms with Crippen LogP contribution in [0.3, 0.4) is 0 Å². The molecule has 90 valence electrons. The first kappa shape index (κ1) is 11.8. The Morgan fingerprint density at radius 3 is 2.76 bits per heavy atom. The number of nitro groups is 1. The zero-order valence-corrected chi connectivity index (χ0v) is 10.4. The zero-order chi connectivity index (χ0) is 12.6. The molecule has 1 aromatic rings. The highest BCUT2D eigenvalue weighted by Gasteiger charge is 2.32. The molecule has 0 bridgehead atoms. The van der Waals surface area contributed by atoms with Crippen LogP contribution in [0.4, 0.5) is 17.1 Å². The Hall–Kier alpha value is -1.63. The first-order chi connectivity index (χ1) is 7.99. The zero-order valence-electron chi connectivity index (χ0n) is 8.80. The fourth-order valence-corrected chi connectivity index (χ4v) is 2.38. The summed E-state index contributed by atoms with van der Waals surface area (Å²) in [6.45, 7) is 0.434. The molecule has 2 N–H and O–H groups in total. The van der Waals surface area contributed by atoms with Crippen LogP contribution in [-0.2, 0) is 4.79 Å². The number of nitrogen functional groups attached to an aromatic ring is 1. The molecule has 1 saturated heterocycles. The van der Waals surface area contributed by atoms with E-state index in [1.807, 2.05) is 0 Å². The lowest BCUT2D eigenvalue weighted by Gasteiger charge is -2.16. The molecule has 1 heterocycles. The molecule has 0 radical (unpaired) electrons. The van der Waals surface area contributed by atoms with Gasteiger partial charge in [0.05, 0.1) is 4.92 Å². The number of hydrogen-bond acceptors (Lipinski definition) is 4. The molecule has 0 spiro atoms. The second-order valence-corrected chi connectivity index (χ2v) is 5.11. The van der Waals surface area contributed by atoms with Crippen LogP contribution in [-0.4, -0.2) is 22.2 Å². The Bertz CT molecular complexity index is 492. The van der Waals surface area contributed by atoms with E-state index in [2.05, 4.69) is 15.9 Å². The average molecular weight is 300 g/mol. The summed E-state index contributed by atoms with van der Waals surface area (Å²) < 4.78 is 0. The van der Waals surface area contributed by atoms with Crippen LogP contribution >= 0.6 is 15.9 Å². The molecule has 17 heavy (non-hydrogen) atoms. The van der Waals surface area contributed by atoms with Gasteiger partial charge in [-0.05, 0) is 12.1 Å². The maximum atomic E-state index is 11.7. The first-order valence-corrected chi connectivity index (χ1v) is 5.89. The van der Waals surface area contributed by atoms with E-state index in [1.54, 1.807) is 6.07 Å². The van der Waals surface area contributed by atoms with Gasteiger partial charge in [0.25, 0.3) is 5.69 Å². The van der Waals surface area contributed by atoms with Crippen LogP contribution in [0.2, 0.25) is 0 Å². The smallest absolute Gasteiger partial charge is 0.295 e. The molecule has 0 aliphatic carbocycles. The minimum Gasteiger partial charge on any atom is -0.399 e. The minimum atomic E-state index is -0.527. The highest BCUT2D eigenvalue weighted by molar-refractivity contribution is 9.09. The predicted molar refractivity (Wildman–Crippen MR) is 67.2 cm³/mol. The van der Waals surface area contributed by atoms with E-state index >= 15 is 0 Å². The maximum absolute atomic E-state index is 11.7. The third-order valence-electron chi connectivity index (χ3n) is 2.56. The normalized spacial score (nSPS) is 19.7. The standard InChI is InChI=1S/C10H10BrN3O3/c11-6-3-10(15)13(5-6)8-2-1-7(12)4-9(8)14(16)17/h1-2,4,6H,3,5,12H2. The SMILES string of the molecule is Nc1ccc(N2CC(Br)CC2=O)c([N+](=O)[O-])c1. The van der Waals surface area contributed by atoms with E-state index in [4.69, 9.17) is 5.73 Å². The van der Waals surface area contributed by atoms with Gasteiger partial charge in [-0.2, -0.15) is 0 Å². The Balaban J connectivity index is 2.45. The average Bonchev–Trinajstić information content (AvgIpc) is 2.57. The van der Waals surface area contributed by atoms with Gasteiger partial charge < -0.3 is 10.6 Å². The molecular weight excluding hydrogens is 290 g/mol. The summed E-state index contributed by atoms with van der Waals surface area (Å²) in [4.78, 5) is 23.5. The summed E-state index contributed by atoms with van der Waals surface area (Å²) in [5, 5.41) is 10.9. The van der Waals surface area contributed by atoms with Crippen LogP contribution in [0.15, 0.2) is 18.2 Å². The molecule has 1 atom stereocenters. The second-order valence-electron chi connectivity index (χ2n) is 3.81. The summed E-state index contributed by atoms with van der Waals surface area (Å²) >= 11 is 3.34. The molecule has 0 saturated carbocycles. The number of halogens is 1. The summed E-state index contributed by atoms with van der Waals surface area (Å²) in [5.41, 5.74) is 5.98. The molecule has 7 heteroatoms. The van der Waals surface area contributed by atoms with Crippen LogP contribution in [0.25, 0.3) is 0 Å². The molecule has 1 amide bonds. The molecule has 1 unspecified atom stereocenters. The highest BCUT2D eigenvalue weighted by Crippen LogP contribution is 2.34. The number of nitro benzene ring substituents is 1. The van der Waals surface area contributed by atoms with Gasteiger partial charge in [-0.25, -0.2) is 0 Å². The van der Waals surface area contributed by atoms with Crippen molar-refractivity contribution in [3.8, 4) is 0 Å². The van der Waals surface area contributed by atoms with Crippen molar-refractivity contribution in [2.45, 2.75) is 11.2 Å². The van der Waals surface area contributed by atoms with Crippen molar-refractivity contribution in [1.29, 1.82) is 0 Å².